The lowest BCUT2D eigenvalue weighted by atomic mass is 10.1. The van der Waals surface area contributed by atoms with E-state index < -0.39 is 0 Å². The molecule has 3 heterocycles. The molecule has 1 atom stereocenters. The molecule has 4 nitrogen and oxygen atoms in total. The second kappa shape index (κ2) is 3.70. The van der Waals surface area contributed by atoms with Gasteiger partial charge in [0.05, 0.1) is 17.2 Å². The van der Waals surface area contributed by atoms with Crippen LogP contribution in [-0.4, -0.2) is 29.6 Å². The number of benzene rings is 1. The minimum Gasteiger partial charge on any atom is -0.390 e. The van der Waals surface area contributed by atoms with Gasteiger partial charge in [0.2, 0.25) is 0 Å². The predicted octanol–water partition coefficient (Wildman–Crippen LogP) is 1.55. The maximum atomic E-state index is 4.70. The first-order chi connectivity index (χ1) is 8.90. The number of fused-ring (bicyclic) bond motifs is 2. The Labute approximate surface area is 105 Å². The van der Waals surface area contributed by atoms with Crippen LogP contribution in [0.4, 0.5) is 5.82 Å². The van der Waals surface area contributed by atoms with Crippen molar-refractivity contribution in [3.05, 3.63) is 42.2 Å². The molecule has 4 rings (SSSR count). The molecule has 1 N–H and O–H groups in total. The summed E-state index contributed by atoms with van der Waals surface area (Å²) in [5, 5.41) is 3.30. The lowest BCUT2D eigenvalue weighted by Crippen LogP contribution is -2.24. The van der Waals surface area contributed by atoms with Gasteiger partial charge in [0.1, 0.15) is 5.82 Å². The molecule has 2 aliphatic heterocycles. The van der Waals surface area contributed by atoms with E-state index in [9.17, 15) is 0 Å². The summed E-state index contributed by atoms with van der Waals surface area (Å²) in [5.41, 5.74) is 3.42. The number of hydrogen-bond donors (Lipinski definition) is 1. The highest BCUT2D eigenvalue weighted by Gasteiger charge is 2.30. The standard InChI is InChI=1S/C14H14N4/c1-2-4-13-12(3-1)16-7-14(17-13)18-8-10-5-15-6-11(10)9-18/h1-5,7,11,15H,6,8-9H2. The highest BCUT2D eigenvalue weighted by molar-refractivity contribution is 5.75. The Kier molecular flexibility index (Phi) is 2.03. The van der Waals surface area contributed by atoms with Crippen LogP contribution in [0.5, 0.6) is 0 Å². The summed E-state index contributed by atoms with van der Waals surface area (Å²) in [6, 6.07) is 8.01. The van der Waals surface area contributed by atoms with E-state index in [1.807, 2.05) is 30.5 Å². The van der Waals surface area contributed by atoms with Crippen molar-refractivity contribution in [1.82, 2.24) is 15.3 Å². The highest BCUT2D eigenvalue weighted by atomic mass is 15.2. The van der Waals surface area contributed by atoms with Crippen molar-refractivity contribution in [3.63, 3.8) is 0 Å². The fraction of sp³-hybridized carbons (Fsp3) is 0.286. The van der Waals surface area contributed by atoms with Crippen molar-refractivity contribution < 1.29 is 0 Å². The summed E-state index contributed by atoms with van der Waals surface area (Å²) in [4.78, 5) is 11.5. The zero-order valence-corrected chi connectivity index (χ0v) is 10.0. The van der Waals surface area contributed by atoms with E-state index in [0.717, 1.165) is 36.5 Å². The first kappa shape index (κ1) is 9.88. The summed E-state index contributed by atoms with van der Waals surface area (Å²) in [6.45, 7) is 3.09. The van der Waals surface area contributed by atoms with Gasteiger partial charge in [0.15, 0.2) is 0 Å². The lowest BCUT2D eigenvalue weighted by molar-refractivity contribution is 0.676. The molecule has 2 aromatic rings. The molecule has 0 spiro atoms. The van der Waals surface area contributed by atoms with Gasteiger partial charge in [0, 0.05) is 25.6 Å². The quantitative estimate of drug-likeness (QED) is 0.818. The first-order valence-electron chi connectivity index (χ1n) is 6.29. The van der Waals surface area contributed by atoms with Crippen molar-refractivity contribution in [2.75, 3.05) is 24.5 Å². The average molecular weight is 238 g/mol. The number of aromatic nitrogens is 2. The summed E-state index contributed by atoms with van der Waals surface area (Å²) in [5.74, 6) is 1.64. The van der Waals surface area contributed by atoms with E-state index in [2.05, 4.69) is 21.4 Å². The third-order valence-corrected chi connectivity index (χ3v) is 3.75. The summed E-state index contributed by atoms with van der Waals surface area (Å²) in [6.07, 6.45) is 4.04. The van der Waals surface area contributed by atoms with E-state index in [-0.39, 0.29) is 0 Å². The lowest BCUT2D eigenvalue weighted by Gasteiger charge is -2.17. The Morgan fingerprint density at radius 1 is 1.22 bits per heavy atom. The van der Waals surface area contributed by atoms with Gasteiger partial charge >= 0.3 is 0 Å². The maximum absolute atomic E-state index is 4.70. The molecule has 1 unspecified atom stereocenters. The van der Waals surface area contributed by atoms with E-state index in [4.69, 9.17) is 4.98 Å². The molecule has 2 aliphatic rings. The smallest absolute Gasteiger partial charge is 0.148 e. The number of rotatable bonds is 1. The number of para-hydroxylation sites is 2. The molecule has 1 saturated heterocycles. The van der Waals surface area contributed by atoms with Crippen molar-refractivity contribution in [2.24, 2.45) is 5.92 Å². The molecule has 1 aromatic carbocycles. The fourth-order valence-corrected chi connectivity index (χ4v) is 2.76. The number of anilines is 1. The molecule has 0 saturated carbocycles. The van der Waals surface area contributed by atoms with Gasteiger partial charge in [-0.2, -0.15) is 0 Å². The zero-order chi connectivity index (χ0) is 11.9. The van der Waals surface area contributed by atoms with Crippen molar-refractivity contribution >= 4 is 16.9 Å². The van der Waals surface area contributed by atoms with Crippen LogP contribution in [-0.2, 0) is 0 Å². The van der Waals surface area contributed by atoms with E-state index in [0.29, 0.717) is 5.92 Å². The number of hydrogen-bond acceptors (Lipinski definition) is 4. The molecule has 0 radical (unpaired) electrons. The van der Waals surface area contributed by atoms with Crippen LogP contribution in [0.1, 0.15) is 0 Å². The van der Waals surface area contributed by atoms with Crippen molar-refractivity contribution in [3.8, 4) is 0 Å². The van der Waals surface area contributed by atoms with Gasteiger partial charge in [-0.25, -0.2) is 4.98 Å². The molecular formula is C14H14N4. The van der Waals surface area contributed by atoms with Crippen LogP contribution in [0.3, 0.4) is 0 Å². The molecule has 1 aromatic heterocycles. The Bertz CT molecular complexity index is 634. The molecule has 4 heteroatoms. The third kappa shape index (κ3) is 1.45. The molecular weight excluding hydrogens is 224 g/mol. The second-order valence-electron chi connectivity index (χ2n) is 4.92. The molecule has 18 heavy (non-hydrogen) atoms. The van der Waals surface area contributed by atoms with Crippen LogP contribution < -0.4 is 10.2 Å². The molecule has 0 bridgehead atoms. The monoisotopic (exact) mass is 238 g/mol. The predicted molar refractivity (Wildman–Crippen MR) is 71.3 cm³/mol. The van der Waals surface area contributed by atoms with E-state index >= 15 is 0 Å². The van der Waals surface area contributed by atoms with Gasteiger partial charge in [-0.3, -0.25) is 4.98 Å². The van der Waals surface area contributed by atoms with Crippen LogP contribution in [0.15, 0.2) is 42.2 Å². The maximum Gasteiger partial charge on any atom is 0.148 e. The molecule has 0 aliphatic carbocycles. The van der Waals surface area contributed by atoms with Gasteiger partial charge in [-0.15, -0.1) is 0 Å². The van der Waals surface area contributed by atoms with E-state index in [1.165, 1.54) is 5.57 Å². The molecule has 90 valence electrons. The average Bonchev–Trinajstić information content (AvgIpc) is 2.99. The minimum atomic E-state index is 0.651. The summed E-state index contributed by atoms with van der Waals surface area (Å²) < 4.78 is 0. The fourth-order valence-electron chi connectivity index (χ4n) is 2.76. The molecule has 1 fully saturated rings. The SMILES string of the molecule is C1=C2CN(c3cnc4ccccc4n3)CC2CN1. The Hall–Kier alpha value is -2.10. The Morgan fingerprint density at radius 2 is 2.11 bits per heavy atom. The highest BCUT2D eigenvalue weighted by Crippen LogP contribution is 2.28. The first-order valence-corrected chi connectivity index (χ1v) is 6.29. The van der Waals surface area contributed by atoms with Crippen LogP contribution in [0.2, 0.25) is 0 Å². The zero-order valence-electron chi connectivity index (χ0n) is 10.0. The molecule has 0 amide bonds. The van der Waals surface area contributed by atoms with Gasteiger partial charge in [0.25, 0.3) is 0 Å². The second-order valence-corrected chi connectivity index (χ2v) is 4.92. The van der Waals surface area contributed by atoms with E-state index in [1.54, 1.807) is 0 Å². The van der Waals surface area contributed by atoms with Gasteiger partial charge in [-0.05, 0) is 23.9 Å². The largest absolute Gasteiger partial charge is 0.390 e. The van der Waals surface area contributed by atoms with Crippen LogP contribution in [0.25, 0.3) is 11.0 Å². The summed E-state index contributed by atoms with van der Waals surface area (Å²) >= 11 is 0. The normalized spacial score (nSPS) is 21.9. The Morgan fingerprint density at radius 3 is 3.00 bits per heavy atom. The van der Waals surface area contributed by atoms with Crippen LogP contribution in [0, 0.1) is 5.92 Å². The summed E-state index contributed by atoms with van der Waals surface area (Å²) in [7, 11) is 0. The number of nitrogens with zero attached hydrogens (tertiary/aromatic N) is 3. The van der Waals surface area contributed by atoms with Crippen LogP contribution >= 0.6 is 0 Å². The number of nitrogens with one attached hydrogen (secondary N) is 1. The van der Waals surface area contributed by atoms with Crippen molar-refractivity contribution in [2.45, 2.75) is 0 Å². The third-order valence-electron chi connectivity index (χ3n) is 3.75. The topological polar surface area (TPSA) is 41.1 Å². The minimum absolute atomic E-state index is 0.651. The van der Waals surface area contributed by atoms with Gasteiger partial charge in [-0.1, -0.05) is 12.1 Å². The van der Waals surface area contributed by atoms with Crippen molar-refractivity contribution in [1.29, 1.82) is 0 Å². The Balaban J connectivity index is 1.71. The van der Waals surface area contributed by atoms with Gasteiger partial charge < -0.3 is 10.2 Å².